The molecule has 2 rings (SSSR count). The maximum Gasteiger partial charge on any atom is 0.321 e. The molecule has 8 nitrogen and oxygen atoms in total. The molecule has 0 bridgehead atoms. The molecule has 1 aliphatic rings. The molecule has 0 radical (unpaired) electrons. The van der Waals surface area contributed by atoms with Crippen molar-refractivity contribution in [3.63, 3.8) is 0 Å². The Balaban J connectivity index is 1.61. The lowest BCUT2D eigenvalue weighted by molar-refractivity contribution is -0.148. The third-order valence-corrected chi connectivity index (χ3v) is 4.02. The molecule has 0 spiro atoms. The molecule has 0 unspecified atom stereocenters. The molecule has 1 saturated carbocycles. The fourth-order valence-corrected chi connectivity index (χ4v) is 2.76. The minimum atomic E-state index is -0.665. The van der Waals surface area contributed by atoms with Crippen LogP contribution in [-0.2, 0) is 14.3 Å². The third kappa shape index (κ3) is 7.55. The van der Waals surface area contributed by atoms with Crippen molar-refractivity contribution in [1.29, 1.82) is 0 Å². The zero-order valence-electron chi connectivity index (χ0n) is 15.5. The number of hydrogen-bond acceptors (Lipinski definition) is 6. The SMILES string of the molecule is CCOc1ccccc1OCCC(=O)OCC(=O)NC(=O)NC1CCCC1. The fraction of sp³-hybridized carbons (Fsp3) is 0.526. The second-order valence-corrected chi connectivity index (χ2v) is 6.14. The summed E-state index contributed by atoms with van der Waals surface area (Å²) in [5.74, 6) is -0.119. The van der Waals surface area contributed by atoms with Crippen LogP contribution in [0.3, 0.4) is 0 Å². The smallest absolute Gasteiger partial charge is 0.321 e. The van der Waals surface area contributed by atoms with E-state index < -0.39 is 24.5 Å². The summed E-state index contributed by atoms with van der Waals surface area (Å²) in [6, 6.07) is 6.70. The number of urea groups is 1. The highest BCUT2D eigenvalue weighted by Crippen LogP contribution is 2.26. The van der Waals surface area contributed by atoms with Gasteiger partial charge >= 0.3 is 12.0 Å². The Kier molecular flexibility index (Phi) is 8.41. The van der Waals surface area contributed by atoms with Gasteiger partial charge in [0.15, 0.2) is 18.1 Å². The Bertz CT molecular complexity index is 643. The van der Waals surface area contributed by atoms with E-state index in [0.717, 1.165) is 25.7 Å². The molecular weight excluding hydrogens is 352 g/mol. The van der Waals surface area contributed by atoms with Crippen molar-refractivity contribution in [2.24, 2.45) is 0 Å². The zero-order valence-corrected chi connectivity index (χ0v) is 15.5. The normalized spacial score (nSPS) is 13.7. The van der Waals surface area contributed by atoms with E-state index in [4.69, 9.17) is 14.2 Å². The van der Waals surface area contributed by atoms with Gasteiger partial charge in [0.2, 0.25) is 0 Å². The van der Waals surface area contributed by atoms with Crippen molar-refractivity contribution in [2.45, 2.75) is 45.1 Å². The summed E-state index contributed by atoms with van der Waals surface area (Å²) in [6.07, 6.45) is 3.97. The largest absolute Gasteiger partial charge is 0.490 e. The summed E-state index contributed by atoms with van der Waals surface area (Å²) in [6.45, 7) is 1.96. The average molecular weight is 378 g/mol. The molecular formula is C19H26N2O6. The van der Waals surface area contributed by atoms with Crippen molar-refractivity contribution in [3.05, 3.63) is 24.3 Å². The number of amides is 3. The number of carbonyl (C=O) groups excluding carboxylic acids is 3. The molecule has 3 amide bonds. The van der Waals surface area contributed by atoms with Crippen LogP contribution in [0.25, 0.3) is 0 Å². The van der Waals surface area contributed by atoms with Gasteiger partial charge in [-0.15, -0.1) is 0 Å². The first kappa shape index (κ1) is 20.5. The molecule has 0 saturated heterocycles. The number of carbonyl (C=O) groups is 3. The minimum Gasteiger partial charge on any atom is -0.490 e. The van der Waals surface area contributed by atoms with E-state index in [0.29, 0.717) is 18.1 Å². The van der Waals surface area contributed by atoms with Crippen LogP contribution in [-0.4, -0.2) is 43.8 Å². The summed E-state index contributed by atoms with van der Waals surface area (Å²) in [4.78, 5) is 35.0. The quantitative estimate of drug-likeness (QED) is 0.639. The molecule has 0 aromatic heterocycles. The second-order valence-electron chi connectivity index (χ2n) is 6.14. The van der Waals surface area contributed by atoms with Crippen LogP contribution in [0.2, 0.25) is 0 Å². The maximum atomic E-state index is 11.7. The van der Waals surface area contributed by atoms with Gasteiger partial charge in [-0.1, -0.05) is 25.0 Å². The Hall–Kier alpha value is -2.77. The minimum absolute atomic E-state index is 0.0258. The van der Waals surface area contributed by atoms with Crippen molar-refractivity contribution in [3.8, 4) is 11.5 Å². The maximum absolute atomic E-state index is 11.7. The van der Waals surface area contributed by atoms with E-state index in [-0.39, 0.29) is 19.1 Å². The summed E-state index contributed by atoms with van der Waals surface area (Å²) in [5.41, 5.74) is 0. The highest BCUT2D eigenvalue weighted by atomic mass is 16.5. The second kappa shape index (κ2) is 11.1. The number of esters is 1. The lowest BCUT2D eigenvalue weighted by Gasteiger charge is -2.12. The fourth-order valence-electron chi connectivity index (χ4n) is 2.76. The predicted molar refractivity (Wildman–Crippen MR) is 97.6 cm³/mol. The zero-order chi connectivity index (χ0) is 19.5. The Morgan fingerprint density at radius 3 is 2.41 bits per heavy atom. The summed E-state index contributed by atoms with van der Waals surface area (Å²) >= 11 is 0. The molecule has 1 fully saturated rings. The summed E-state index contributed by atoms with van der Waals surface area (Å²) < 4.78 is 15.8. The van der Waals surface area contributed by atoms with Crippen LogP contribution < -0.4 is 20.1 Å². The van der Waals surface area contributed by atoms with Gasteiger partial charge in [0.1, 0.15) is 0 Å². The van der Waals surface area contributed by atoms with E-state index in [2.05, 4.69) is 10.6 Å². The Morgan fingerprint density at radius 2 is 1.74 bits per heavy atom. The van der Waals surface area contributed by atoms with E-state index in [1.165, 1.54) is 0 Å². The van der Waals surface area contributed by atoms with Crippen molar-refractivity contribution in [2.75, 3.05) is 19.8 Å². The molecule has 0 heterocycles. The van der Waals surface area contributed by atoms with E-state index in [1.54, 1.807) is 18.2 Å². The summed E-state index contributed by atoms with van der Waals surface area (Å²) in [7, 11) is 0. The van der Waals surface area contributed by atoms with Crippen molar-refractivity contribution < 1.29 is 28.6 Å². The molecule has 148 valence electrons. The third-order valence-electron chi connectivity index (χ3n) is 4.02. The Labute approximate surface area is 158 Å². The van der Waals surface area contributed by atoms with Gasteiger partial charge in [-0.2, -0.15) is 0 Å². The molecule has 2 N–H and O–H groups in total. The van der Waals surface area contributed by atoms with E-state index in [1.807, 2.05) is 13.0 Å². The van der Waals surface area contributed by atoms with E-state index >= 15 is 0 Å². The number of ether oxygens (including phenoxy) is 3. The first-order chi connectivity index (χ1) is 13.1. The van der Waals surface area contributed by atoms with Crippen LogP contribution in [0.15, 0.2) is 24.3 Å². The number of hydrogen-bond donors (Lipinski definition) is 2. The number of imide groups is 1. The van der Waals surface area contributed by atoms with Crippen LogP contribution >= 0.6 is 0 Å². The topological polar surface area (TPSA) is 103 Å². The lowest BCUT2D eigenvalue weighted by Crippen LogP contribution is -2.45. The lowest BCUT2D eigenvalue weighted by atomic mass is 10.2. The van der Waals surface area contributed by atoms with Gasteiger partial charge in [-0.25, -0.2) is 4.79 Å². The van der Waals surface area contributed by atoms with Gasteiger partial charge in [0, 0.05) is 6.04 Å². The van der Waals surface area contributed by atoms with Crippen molar-refractivity contribution >= 4 is 17.9 Å². The standard InChI is InChI=1S/C19H26N2O6/c1-2-25-15-9-5-6-10-16(15)26-12-11-18(23)27-13-17(22)21-19(24)20-14-7-3-4-8-14/h5-6,9-10,14H,2-4,7-8,11-13H2,1H3,(H2,20,21,22,24). The first-order valence-electron chi connectivity index (χ1n) is 9.19. The van der Waals surface area contributed by atoms with Gasteiger partial charge in [-0.3, -0.25) is 14.9 Å². The van der Waals surface area contributed by atoms with Gasteiger partial charge < -0.3 is 19.5 Å². The van der Waals surface area contributed by atoms with Crippen LogP contribution in [0.4, 0.5) is 4.79 Å². The first-order valence-corrected chi connectivity index (χ1v) is 9.19. The van der Waals surface area contributed by atoms with Crippen molar-refractivity contribution in [1.82, 2.24) is 10.6 Å². The molecule has 0 aliphatic heterocycles. The molecule has 1 aromatic rings. The molecule has 8 heteroatoms. The van der Waals surface area contributed by atoms with E-state index in [9.17, 15) is 14.4 Å². The number of benzene rings is 1. The highest BCUT2D eigenvalue weighted by Gasteiger charge is 2.18. The van der Waals surface area contributed by atoms with Crippen LogP contribution in [0.5, 0.6) is 11.5 Å². The molecule has 1 aliphatic carbocycles. The van der Waals surface area contributed by atoms with Gasteiger partial charge in [0.25, 0.3) is 5.91 Å². The van der Waals surface area contributed by atoms with Gasteiger partial charge in [-0.05, 0) is 31.9 Å². The average Bonchev–Trinajstić information content (AvgIpc) is 3.14. The summed E-state index contributed by atoms with van der Waals surface area (Å²) in [5, 5.41) is 4.87. The monoisotopic (exact) mass is 378 g/mol. The Morgan fingerprint density at radius 1 is 1.07 bits per heavy atom. The predicted octanol–water partition coefficient (Wildman–Crippen LogP) is 2.17. The van der Waals surface area contributed by atoms with Gasteiger partial charge in [0.05, 0.1) is 19.6 Å². The number of rotatable bonds is 9. The highest BCUT2D eigenvalue weighted by molar-refractivity contribution is 5.95. The number of para-hydroxylation sites is 2. The molecule has 0 atom stereocenters. The number of nitrogens with one attached hydrogen (secondary N) is 2. The van der Waals surface area contributed by atoms with Crippen LogP contribution in [0.1, 0.15) is 39.0 Å². The van der Waals surface area contributed by atoms with Crippen LogP contribution in [0, 0.1) is 0 Å². The molecule has 1 aromatic carbocycles. The molecule has 27 heavy (non-hydrogen) atoms.